The molecule has 2 N–H and O–H groups in total. The third-order valence-electron chi connectivity index (χ3n) is 2.32. The molecule has 0 atom stereocenters. The van der Waals surface area contributed by atoms with Gasteiger partial charge < -0.3 is 10.2 Å². The lowest BCUT2D eigenvalue weighted by Crippen LogP contribution is -2.00. The largest absolute Gasteiger partial charge is 0.505 e. The van der Waals surface area contributed by atoms with E-state index in [-0.39, 0.29) is 5.69 Å². The maximum atomic E-state index is 10.7. The monoisotopic (exact) mass is 283 g/mol. The molecule has 6 heteroatoms. The summed E-state index contributed by atoms with van der Waals surface area (Å²) >= 11 is 11.7. The van der Waals surface area contributed by atoms with E-state index in [1.807, 2.05) is 0 Å². The Balaban J connectivity index is 2.48. The molecule has 0 amide bonds. The Bertz CT molecular complexity index is 629. The van der Waals surface area contributed by atoms with E-state index >= 15 is 0 Å². The second-order valence-electron chi connectivity index (χ2n) is 3.53. The number of nitrogens with zero attached hydrogens (tertiary/aromatic N) is 1. The number of halogens is 2. The van der Waals surface area contributed by atoms with Gasteiger partial charge >= 0.3 is 5.97 Å². The zero-order valence-corrected chi connectivity index (χ0v) is 10.4. The highest BCUT2D eigenvalue weighted by molar-refractivity contribution is 6.42. The Morgan fingerprint density at radius 1 is 1.11 bits per heavy atom. The van der Waals surface area contributed by atoms with Crippen LogP contribution in [0.15, 0.2) is 30.5 Å². The second kappa shape index (κ2) is 4.84. The van der Waals surface area contributed by atoms with E-state index in [9.17, 15) is 9.90 Å². The van der Waals surface area contributed by atoms with Gasteiger partial charge in [-0.2, -0.15) is 0 Å². The highest BCUT2D eigenvalue weighted by Gasteiger charge is 2.12. The summed E-state index contributed by atoms with van der Waals surface area (Å²) in [6.45, 7) is 0. The minimum Gasteiger partial charge on any atom is -0.505 e. The van der Waals surface area contributed by atoms with Crippen LogP contribution in [0.1, 0.15) is 10.5 Å². The fraction of sp³-hybridized carbons (Fsp3) is 0. The summed E-state index contributed by atoms with van der Waals surface area (Å²) in [6, 6.07) is 6.24. The zero-order chi connectivity index (χ0) is 13.3. The lowest BCUT2D eigenvalue weighted by Gasteiger charge is -2.05. The third kappa shape index (κ3) is 2.39. The third-order valence-corrected chi connectivity index (χ3v) is 3.06. The first-order valence-electron chi connectivity index (χ1n) is 4.87. The first-order chi connectivity index (χ1) is 8.49. The van der Waals surface area contributed by atoms with Gasteiger partial charge in [0.1, 0.15) is 5.75 Å². The summed E-state index contributed by atoms with van der Waals surface area (Å²) in [5, 5.41) is 19.1. The van der Waals surface area contributed by atoms with Crippen molar-refractivity contribution in [3.05, 3.63) is 46.2 Å². The van der Waals surface area contributed by atoms with Crippen LogP contribution in [0.2, 0.25) is 10.0 Å². The molecule has 0 fully saturated rings. The lowest BCUT2D eigenvalue weighted by atomic mass is 10.1. The number of aromatic nitrogens is 1. The molecule has 0 aliphatic heterocycles. The highest BCUT2D eigenvalue weighted by Crippen LogP contribution is 2.30. The number of hydrogen-bond acceptors (Lipinski definition) is 3. The Kier molecular flexibility index (Phi) is 3.41. The highest BCUT2D eigenvalue weighted by atomic mass is 35.5. The molecule has 1 heterocycles. The summed E-state index contributed by atoms with van der Waals surface area (Å²) in [6.07, 6.45) is 1.35. The van der Waals surface area contributed by atoms with E-state index in [0.717, 1.165) is 0 Å². The molecule has 4 nitrogen and oxygen atoms in total. The van der Waals surface area contributed by atoms with Crippen LogP contribution >= 0.6 is 23.2 Å². The van der Waals surface area contributed by atoms with Crippen LogP contribution in [0.5, 0.6) is 5.75 Å². The summed E-state index contributed by atoms with van der Waals surface area (Å²) < 4.78 is 0. The van der Waals surface area contributed by atoms with Crippen LogP contribution in [0, 0.1) is 0 Å². The summed E-state index contributed by atoms with van der Waals surface area (Å²) in [7, 11) is 0. The standard InChI is InChI=1S/C12H7Cl2NO3/c13-8-2-1-6(3-9(8)14)7-4-10(16)11(12(17)18)15-5-7/h1-5,16H,(H,17,18). The number of rotatable bonds is 2. The molecule has 0 spiro atoms. The molecule has 1 aromatic carbocycles. The van der Waals surface area contributed by atoms with Gasteiger partial charge in [-0.25, -0.2) is 9.78 Å². The molecule has 92 valence electrons. The average Bonchev–Trinajstić information content (AvgIpc) is 2.32. The van der Waals surface area contributed by atoms with Crippen molar-refractivity contribution in [2.24, 2.45) is 0 Å². The van der Waals surface area contributed by atoms with Crippen molar-refractivity contribution < 1.29 is 15.0 Å². The molecule has 0 aliphatic rings. The topological polar surface area (TPSA) is 70.4 Å². The number of hydrogen-bond donors (Lipinski definition) is 2. The Labute approximate surface area is 112 Å². The summed E-state index contributed by atoms with van der Waals surface area (Å²) in [4.78, 5) is 14.4. The fourth-order valence-electron chi connectivity index (χ4n) is 1.45. The number of pyridine rings is 1. The molecule has 0 bridgehead atoms. The Morgan fingerprint density at radius 3 is 2.39 bits per heavy atom. The van der Waals surface area contributed by atoms with Gasteiger partial charge in [0.2, 0.25) is 0 Å². The second-order valence-corrected chi connectivity index (χ2v) is 4.34. The first kappa shape index (κ1) is 12.7. The van der Waals surface area contributed by atoms with Crippen molar-refractivity contribution >= 4 is 29.2 Å². The molecule has 2 aromatic rings. The maximum absolute atomic E-state index is 10.7. The van der Waals surface area contributed by atoms with Gasteiger partial charge in [-0.1, -0.05) is 29.3 Å². The quantitative estimate of drug-likeness (QED) is 0.886. The van der Waals surface area contributed by atoms with E-state index in [4.69, 9.17) is 28.3 Å². The molecular formula is C12H7Cl2NO3. The van der Waals surface area contributed by atoms with Gasteiger partial charge in [0.15, 0.2) is 5.69 Å². The number of carboxylic acids is 1. The van der Waals surface area contributed by atoms with Crippen molar-refractivity contribution in [2.45, 2.75) is 0 Å². The average molecular weight is 284 g/mol. The Hall–Kier alpha value is -1.78. The normalized spacial score (nSPS) is 10.3. The summed E-state index contributed by atoms with van der Waals surface area (Å²) in [5.74, 6) is -1.68. The zero-order valence-electron chi connectivity index (χ0n) is 8.89. The molecule has 0 radical (unpaired) electrons. The predicted octanol–water partition coefficient (Wildman–Crippen LogP) is 3.46. The molecule has 0 saturated carbocycles. The molecule has 1 aromatic heterocycles. The van der Waals surface area contributed by atoms with Crippen molar-refractivity contribution in [3.63, 3.8) is 0 Å². The minimum atomic E-state index is -1.28. The van der Waals surface area contributed by atoms with Crippen molar-refractivity contribution in [1.82, 2.24) is 4.98 Å². The van der Waals surface area contributed by atoms with Crippen LogP contribution in [-0.4, -0.2) is 21.2 Å². The Morgan fingerprint density at radius 2 is 1.83 bits per heavy atom. The minimum absolute atomic E-state index is 0.371. The number of carboxylic acid groups (broad SMARTS) is 1. The fourth-order valence-corrected chi connectivity index (χ4v) is 1.75. The van der Waals surface area contributed by atoms with Crippen molar-refractivity contribution in [3.8, 4) is 16.9 Å². The molecule has 18 heavy (non-hydrogen) atoms. The van der Waals surface area contributed by atoms with Crippen molar-refractivity contribution in [1.29, 1.82) is 0 Å². The molecule has 0 aliphatic carbocycles. The predicted molar refractivity (Wildman–Crippen MR) is 68.3 cm³/mol. The van der Waals surface area contributed by atoms with Crippen LogP contribution in [0.4, 0.5) is 0 Å². The van der Waals surface area contributed by atoms with E-state index < -0.39 is 11.7 Å². The van der Waals surface area contributed by atoms with Crippen molar-refractivity contribution in [2.75, 3.05) is 0 Å². The maximum Gasteiger partial charge on any atom is 0.358 e. The SMILES string of the molecule is O=C(O)c1ncc(-c2ccc(Cl)c(Cl)c2)cc1O. The van der Waals surface area contributed by atoms with Crippen LogP contribution in [0.25, 0.3) is 11.1 Å². The van der Waals surface area contributed by atoms with Gasteiger partial charge in [0, 0.05) is 11.8 Å². The lowest BCUT2D eigenvalue weighted by molar-refractivity contribution is 0.0687. The van der Waals surface area contributed by atoms with Crippen LogP contribution < -0.4 is 0 Å². The molecular weight excluding hydrogens is 277 g/mol. The molecule has 2 rings (SSSR count). The van der Waals surface area contributed by atoms with Gasteiger partial charge in [-0.3, -0.25) is 0 Å². The van der Waals surface area contributed by atoms with Gasteiger partial charge in [0.05, 0.1) is 10.0 Å². The smallest absolute Gasteiger partial charge is 0.358 e. The van der Waals surface area contributed by atoms with E-state index in [0.29, 0.717) is 21.2 Å². The first-order valence-corrected chi connectivity index (χ1v) is 5.62. The van der Waals surface area contributed by atoms with Gasteiger partial charge in [0.25, 0.3) is 0 Å². The number of aromatic carboxylic acids is 1. The number of aromatic hydroxyl groups is 1. The number of benzene rings is 1. The van der Waals surface area contributed by atoms with E-state index in [2.05, 4.69) is 4.98 Å². The molecule has 0 saturated heterocycles. The summed E-state index contributed by atoms with van der Waals surface area (Å²) in [5.41, 5.74) is 0.846. The van der Waals surface area contributed by atoms with Gasteiger partial charge in [-0.15, -0.1) is 0 Å². The van der Waals surface area contributed by atoms with Crippen LogP contribution in [-0.2, 0) is 0 Å². The van der Waals surface area contributed by atoms with Gasteiger partial charge in [-0.05, 0) is 23.8 Å². The van der Waals surface area contributed by atoms with E-state index in [1.165, 1.54) is 12.3 Å². The van der Waals surface area contributed by atoms with Crippen LogP contribution in [0.3, 0.4) is 0 Å². The molecule has 0 unspecified atom stereocenters. The number of carbonyl (C=O) groups is 1. The van der Waals surface area contributed by atoms with E-state index in [1.54, 1.807) is 18.2 Å².